The van der Waals surface area contributed by atoms with Crippen LogP contribution in [-0.2, 0) is 0 Å². The van der Waals surface area contributed by atoms with Crippen molar-refractivity contribution < 1.29 is 14.3 Å². The summed E-state index contributed by atoms with van der Waals surface area (Å²) in [5.41, 5.74) is 3.31. The second-order valence-corrected chi connectivity index (χ2v) is 8.34. The molecule has 0 radical (unpaired) electrons. The Kier molecular flexibility index (Phi) is 5.43. The van der Waals surface area contributed by atoms with Gasteiger partial charge < -0.3 is 15.7 Å². The van der Waals surface area contributed by atoms with Gasteiger partial charge in [-0.2, -0.15) is 0 Å². The molecule has 30 heavy (non-hydrogen) atoms. The number of carbonyl (C=O) groups is 1. The van der Waals surface area contributed by atoms with Crippen molar-refractivity contribution in [1.82, 2.24) is 10.3 Å². The number of benzene rings is 2. The second kappa shape index (κ2) is 8.03. The van der Waals surface area contributed by atoms with E-state index >= 15 is 0 Å². The van der Waals surface area contributed by atoms with Crippen LogP contribution in [0.5, 0.6) is 0 Å². The topological polar surface area (TPSA) is 74.2 Å². The van der Waals surface area contributed by atoms with Crippen LogP contribution in [0.4, 0.5) is 10.1 Å². The van der Waals surface area contributed by atoms with Gasteiger partial charge in [0.05, 0.1) is 23.0 Å². The fraction of sp³-hybridized carbons (Fsp3) is 0.333. The number of anilines is 1. The monoisotopic (exact) mass is 407 g/mol. The van der Waals surface area contributed by atoms with E-state index in [9.17, 15) is 14.3 Å². The molecule has 0 bridgehead atoms. The fourth-order valence-electron chi connectivity index (χ4n) is 4.34. The van der Waals surface area contributed by atoms with Gasteiger partial charge in [-0.3, -0.25) is 4.98 Å². The molecule has 1 aliphatic rings. The van der Waals surface area contributed by atoms with Crippen molar-refractivity contribution in [3.63, 3.8) is 0 Å². The zero-order chi connectivity index (χ0) is 21.3. The summed E-state index contributed by atoms with van der Waals surface area (Å²) in [6, 6.07) is 11.7. The Labute approximate surface area is 175 Å². The SMILES string of the molecule is CNC1CCC(C)(Nc2cnc3ccc(C(=O)O)cc3c2-c2ccc(F)cc2)CC1. The number of fused-ring (bicyclic) bond motifs is 1. The molecule has 1 aromatic heterocycles. The van der Waals surface area contributed by atoms with Crippen molar-refractivity contribution in [2.24, 2.45) is 0 Å². The molecule has 4 rings (SSSR count). The quantitative estimate of drug-likeness (QED) is 0.551. The van der Waals surface area contributed by atoms with E-state index < -0.39 is 5.97 Å². The summed E-state index contributed by atoms with van der Waals surface area (Å²) in [6.07, 6.45) is 5.98. The Hall–Kier alpha value is -2.99. The number of carboxylic acid groups (broad SMARTS) is 1. The lowest BCUT2D eigenvalue weighted by molar-refractivity contribution is 0.0697. The van der Waals surface area contributed by atoms with Gasteiger partial charge in [0.25, 0.3) is 0 Å². The zero-order valence-electron chi connectivity index (χ0n) is 17.2. The summed E-state index contributed by atoms with van der Waals surface area (Å²) in [5.74, 6) is -1.30. The van der Waals surface area contributed by atoms with Gasteiger partial charge in [0.1, 0.15) is 5.82 Å². The lowest BCUT2D eigenvalue weighted by Crippen LogP contribution is -2.43. The highest BCUT2D eigenvalue weighted by atomic mass is 19.1. The van der Waals surface area contributed by atoms with Gasteiger partial charge >= 0.3 is 5.97 Å². The molecular formula is C24H26FN3O2. The van der Waals surface area contributed by atoms with Crippen LogP contribution in [0, 0.1) is 5.82 Å². The van der Waals surface area contributed by atoms with Crippen LogP contribution in [0.2, 0.25) is 0 Å². The Bertz CT molecular complexity index is 1070. The molecule has 0 atom stereocenters. The first-order chi connectivity index (χ1) is 14.4. The van der Waals surface area contributed by atoms with Crippen molar-refractivity contribution in [3.05, 3.63) is 60.0 Å². The normalized spacial score (nSPS) is 21.5. The van der Waals surface area contributed by atoms with Crippen LogP contribution >= 0.6 is 0 Å². The minimum atomic E-state index is -0.988. The predicted molar refractivity (Wildman–Crippen MR) is 117 cm³/mol. The number of aromatic carboxylic acids is 1. The highest BCUT2D eigenvalue weighted by Crippen LogP contribution is 2.39. The third-order valence-electron chi connectivity index (χ3n) is 6.18. The standard InChI is InChI=1S/C24H26FN3O2/c1-24(11-9-18(26-2)10-12-24)28-21-14-27-20-8-5-16(23(29)30)13-19(20)22(21)15-3-6-17(25)7-4-15/h3-8,13-14,18,26,28H,9-12H2,1-2H3,(H,29,30). The van der Waals surface area contributed by atoms with E-state index in [0.29, 0.717) is 11.6 Å². The molecule has 3 N–H and O–H groups in total. The average molecular weight is 407 g/mol. The molecule has 6 heteroatoms. The van der Waals surface area contributed by atoms with Gasteiger partial charge in [-0.05, 0) is 75.5 Å². The predicted octanol–water partition coefficient (Wildman–Crippen LogP) is 5.07. The minimum Gasteiger partial charge on any atom is -0.478 e. The molecule has 0 amide bonds. The number of hydrogen-bond acceptors (Lipinski definition) is 4. The molecule has 1 heterocycles. The maximum absolute atomic E-state index is 13.6. The van der Waals surface area contributed by atoms with Gasteiger partial charge in [-0.25, -0.2) is 9.18 Å². The number of nitrogens with zero attached hydrogens (tertiary/aromatic N) is 1. The number of aromatic nitrogens is 1. The summed E-state index contributed by atoms with van der Waals surface area (Å²) in [4.78, 5) is 16.1. The van der Waals surface area contributed by atoms with Gasteiger partial charge in [0, 0.05) is 22.5 Å². The van der Waals surface area contributed by atoms with E-state index in [1.807, 2.05) is 7.05 Å². The van der Waals surface area contributed by atoms with Crippen LogP contribution in [0.15, 0.2) is 48.7 Å². The van der Waals surface area contributed by atoms with Gasteiger partial charge in [-0.1, -0.05) is 12.1 Å². The highest BCUT2D eigenvalue weighted by Gasteiger charge is 2.31. The summed E-state index contributed by atoms with van der Waals surface area (Å²) < 4.78 is 13.6. The van der Waals surface area contributed by atoms with Crippen LogP contribution in [0.3, 0.4) is 0 Å². The van der Waals surface area contributed by atoms with Crippen molar-refractivity contribution in [1.29, 1.82) is 0 Å². The molecule has 2 aromatic carbocycles. The fourth-order valence-corrected chi connectivity index (χ4v) is 4.34. The molecule has 3 aromatic rings. The van der Waals surface area contributed by atoms with E-state index in [-0.39, 0.29) is 16.9 Å². The first-order valence-corrected chi connectivity index (χ1v) is 10.3. The first-order valence-electron chi connectivity index (χ1n) is 10.3. The average Bonchev–Trinajstić information content (AvgIpc) is 2.74. The van der Waals surface area contributed by atoms with Crippen LogP contribution < -0.4 is 10.6 Å². The summed E-state index contributed by atoms with van der Waals surface area (Å²) in [7, 11) is 2.00. The Morgan fingerprint density at radius 2 is 1.87 bits per heavy atom. The maximum atomic E-state index is 13.6. The molecule has 1 saturated carbocycles. The second-order valence-electron chi connectivity index (χ2n) is 8.34. The number of halogens is 1. The van der Waals surface area contributed by atoms with E-state index in [2.05, 4.69) is 22.5 Å². The number of rotatable bonds is 5. The summed E-state index contributed by atoms with van der Waals surface area (Å²) in [5, 5.41) is 17.3. The molecule has 0 spiro atoms. The van der Waals surface area contributed by atoms with Crippen molar-refractivity contribution in [3.8, 4) is 11.1 Å². The van der Waals surface area contributed by atoms with Crippen molar-refractivity contribution in [2.75, 3.05) is 12.4 Å². The number of nitrogens with one attached hydrogen (secondary N) is 2. The van der Waals surface area contributed by atoms with E-state index in [0.717, 1.165) is 47.9 Å². The lowest BCUT2D eigenvalue weighted by atomic mass is 9.80. The molecule has 0 saturated heterocycles. The molecular weight excluding hydrogens is 381 g/mol. The van der Waals surface area contributed by atoms with Crippen LogP contribution in [0.25, 0.3) is 22.0 Å². The Balaban J connectivity index is 1.83. The van der Waals surface area contributed by atoms with Gasteiger partial charge in [0.15, 0.2) is 0 Å². The molecule has 1 fully saturated rings. The molecule has 156 valence electrons. The highest BCUT2D eigenvalue weighted by molar-refractivity contribution is 6.03. The third-order valence-corrected chi connectivity index (χ3v) is 6.18. The third kappa shape index (κ3) is 4.00. The van der Waals surface area contributed by atoms with Crippen molar-refractivity contribution in [2.45, 2.75) is 44.2 Å². The number of pyridine rings is 1. The van der Waals surface area contributed by atoms with Gasteiger partial charge in [0.2, 0.25) is 0 Å². The van der Waals surface area contributed by atoms with E-state index in [1.165, 1.54) is 12.1 Å². The van der Waals surface area contributed by atoms with E-state index in [4.69, 9.17) is 0 Å². The molecule has 5 nitrogen and oxygen atoms in total. The van der Waals surface area contributed by atoms with Gasteiger partial charge in [-0.15, -0.1) is 0 Å². The zero-order valence-corrected chi connectivity index (χ0v) is 17.2. The lowest BCUT2D eigenvalue weighted by Gasteiger charge is -2.39. The first kappa shape index (κ1) is 20.3. The van der Waals surface area contributed by atoms with Crippen LogP contribution in [0.1, 0.15) is 43.0 Å². The summed E-state index contributed by atoms with van der Waals surface area (Å²) in [6.45, 7) is 2.21. The van der Waals surface area contributed by atoms with Crippen molar-refractivity contribution >= 4 is 22.6 Å². The van der Waals surface area contributed by atoms with E-state index in [1.54, 1.807) is 36.5 Å². The molecule has 0 unspecified atom stereocenters. The smallest absolute Gasteiger partial charge is 0.335 e. The largest absolute Gasteiger partial charge is 0.478 e. The Morgan fingerprint density at radius 1 is 1.17 bits per heavy atom. The molecule has 0 aliphatic heterocycles. The Morgan fingerprint density at radius 3 is 2.50 bits per heavy atom. The number of carboxylic acids is 1. The number of hydrogen-bond donors (Lipinski definition) is 3. The maximum Gasteiger partial charge on any atom is 0.335 e. The van der Waals surface area contributed by atoms with Crippen LogP contribution in [-0.4, -0.2) is 34.7 Å². The summed E-state index contributed by atoms with van der Waals surface area (Å²) >= 11 is 0. The minimum absolute atomic E-state index is 0.0953. The molecule has 1 aliphatic carbocycles.